The molecular formula is C32H55Cl2N11O5. The van der Waals surface area contributed by atoms with Gasteiger partial charge in [0.15, 0.2) is 11.9 Å². The number of guanidine groups is 2. The van der Waals surface area contributed by atoms with Crippen molar-refractivity contribution in [3.63, 3.8) is 0 Å². The molecule has 0 aromatic heterocycles. The van der Waals surface area contributed by atoms with E-state index in [0.29, 0.717) is 50.7 Å². The fourth-order valence-electron chi connectivity index (χ4n) is 4.91. The minimum Gasteiger partial charge on any atom is -0.467 e. The molecule has 0 bridgehead atoms. The van der Waals surface area contributed by atoms with Gasteiger partial charge in [0.25, 0.3) is 0 Å². The highest BCUT2D eigenvalue weighted by molar-refractivity contribution is 6.18. The number of esters is 1. The van der Waals surface area contributed by atoms with E-state index in [2.05, 4.69) is 25.9 Å². The van der Waals surface area contributed by atoms with Gasteiger partial charge >= 0.3 is 5.97 Å². The molecule has 0 aliphatic carbocycles. The van der Waals surface area contributed by atoms with Crippen LogP contribution in [0.4, 0.5) is 5.69 Å². The second-order valence-electron chi connectivity index (χ2n) is 11.6. The quantitative estimate of drug-likeness (QED) is 0.0213. The Bertz CT molecular complexity index is 1240. The minimum absolute atomic E-state index is 0.0671. The number of ether oxygens (including phenoxy) is 1. The second-order valence-corrected chi connectivity index (χ2v) is 12.3. The molecule has 50 heavy (non-hydrogen) atoms. The molecule has 4 atom stereocenters. The summed E-state index contributed by atoms with van der Waals surface area (Å²) >= 11 is 11.9. The standard InChI is InChI=1S/C32H55Cl2N11O5/c1-3-4-8-24(29(48)44-26(30(49)50-2)20-21-10-12-22(13-11-21)45(18-14-33)19-15-34)43-28(47)25(9-6-17-41-32(38)39)42-27(46)23(35)7-5-16-40-31(36)37/h10-13,23-26H,3-9,14-20,35H2,1-2H3,(H,42,46)(H,43,47)(H,44,48)(H4,36,37,40)(H4,38,39,41)/t23-,24-,25-,26-/m0/s1. The Labute approximate surface area is 304 Å². The van der Waals surface area contributed by atoms with Crippen LogP contribution in [-0.2, 0) is 30.3 Å². The third kappa shape index (κ3) is 17.6. The molecule has 1 aromatic carbocycles. The van der Waals surface area contributed by atoms with Gasteiger partial charge in [-0.3, -0.25) is 24.4 Å². The average molecular weight is 745 g/mol. The third-order valence-corrected chi connectivity index (χ3v) is 7.95. The summed E-state index contributed by atoms with van der Waals surface area (Å²) in [6.07, 6.45) is 2.99. The molecule has 16 nitrogen and oxygen atoms in total. The monoisotopic (exact) mass is 743 g/mol. The van der Waals surface area contributed by atoms with E-state index < -0.39 is 47.9 Å². The van der Waals surface area contributed by atoms with Crippen LogP contribution in [0, 0.1) is 0 Å². The number of alkyl halides is 2. The maximum Gasteiger partial charge on any atom is 0.328 e. The Kier molecular flexibility index (Phi) is 22.0. The highest BCUT2D eigenvalue weighted by Gasteiger charge is 2.30. The zero-order chi connectivity index (χ0) is 37.5. The van der Waals surface area contributed by atoms with Crippen molar-refractivity contribution >= 4 is 64.5 Å². The Balaban J connectivity index is 3.12. The first-order chi connectivity index (χ1) is 23.9. The predicted molar refractivity (Wildman–Crippen MR) is 199 cm³/mol. The van der Waals surface area contributed by atoms with Crippen LogP contribution in [0.25, 0.3) is 0 Å². The van der Waals surface area contributed by atoms with Crippen LogP contribution in [0.2, 0.25) is 0 Å². The van der Waals surface area contributed by atoms with Crippen molar-refractivity contribution in [3.05, 3.63) is 29.8 Å². The van der Waals surface area contributed by atoms with E-state index in [4.69, 9.17) is 56.6 Å². The van der Waals surface area contributed by atoms with Gasteiger partial charge in [-0.25, -0.2) is 4.79 Å². The number of benzene rings is 1. The summed E-state index contributed by atoms with van der Waals surface area (Å²) in [5, 5.41) is 8.20. The molecule has 18 heteroatoms. The molecule has 0 heterocycles. The van der Waals surface area contributed by atoms with Crippen molar-refractivity contribution < 1.29 is 23.9 Å². The number of nitrogens with one attached hydrogen (secondary N) is 3. The van der Waals surface area contributed by atoms with Crippen LogP contribution in [-0.4, -0.2) is 105 Å². The van der Waals surface area contributed by atoms with Crippen LogP contribution >= 0.6 is 23.2 Å². The molecule has 0 unspecified atom stereocenters. The summed E-state index contributed by atoms with van der Waals surface area (Å²) in [5.74, 6) is -1.68. The Morgan fingerprint density at radius 1 is 0.760 bits per heavy atom. The second kappa shape index (κ2) is 25.0. The number of hydrogen-bond donors (Lipinski definition) is 8. The topological polar surface area (TPSA) is 272 Å². The molecule has 1 rings (SSSR count). The predicted octanol–water partition coefficient (Wildman–Crippen LogP) is -0.235. The van der Waals surface area contributed by atoms with Gasteiger partial charge in [-0.1, -0.05) is 31.9 Å². The first-order valence-corrected chi connectivity index (χ1v) is 17.7. The van der Waals surface area contributed by atoms with Crippen molar-refractivity contribution in [2.75, 3.05) is 49.9 Å². The lowest BCUT2D eigenvalue weighted by Crippen LogP contribution is -2.57. The lowest BCUT2D eigenvalue weighted by Gasteiger charge is -2.26. The highest BCUT2D eigenvalue weighted by atomic mass is 35.5. The first kappa shape index (κ1) is 44.0. The SMILES string of the molecule is CCCC[C@H](NC(=O)[C@H](CCCN=C(N)N)NC(=O)[C@@H](N)CCCN=C(N)N)C(=O)N[C@@H](Cc1ccc(N(CCCl)CCCl)cc1)C(=O)OC. The van der Waals surface area contributed by atoms with Gasteiger partial charge in [0.05, 0.1) is 13.2 Å². The van der Waals surface area contributed by atoms with Gasteiger partial charge in [0, 0.05) is 50.0 Å². The van der Waals surface area contributed by atoms with Gasteiger partial charge < -0.3 is 54.3 Å². The largest absolute Gasteiger partial charge is 0.467 e. The van der Waals surface area contributed by atoms with Crippen molar-refractivity contribution in [1.29, 1.82) is 0 Å². The highest BCUT2D eigenvalue weighted by Crippen LogP contribution is 2.17. The van der Waals surface area contributed by atoms with Crippen molar-refractivity contribution in [2.24, 2.45) is 38.7 Å². The number of halogens is 2. The van der Waals surface area contributed by atoms with E-state index >= 15 is 0 Å². The van der Waals surface area contributed by atoms with E-state index in [0.717, 1.165) is 17.7 Å². The smallest absolute Gasteiger partial charge is 0.328 e. The molecule has 0 saturated heterocycles. The van der Waals surface area contributed by atoms with E-state index in [1.54, 1.807) is 0 Å². The molecule has 1 aromatic rings. The molecule has 13 N–H and O–H groups in total. The maximum atomic E-state index is 13.6. The van der Waals surface area contributed by atoms with E-state index in [-0.39, 0.29) is 44.1 Å². The first-order valence-electron chi connectivity index (χ1n) is 16.7. The lowest BCUT2D eigenvalue weighted by atomic mass is 10.0. The molecular weight excluding hydrogens is 689 g/mol. The summed E-state index contributed by atoms with van der Waals surface area (Å²) in [6, 6.07) is 3.46. The van der Waals surface area contributed by atoms with Crippen molar-refractivity contribution in [1.82, 2.24) is 16.0 Å². The molecule has 0 fully saturated rings. The Hall–Kier alpha value is -4.02. The number of rotatable bonds is 25. The number of carbonyl (C=O) groups is 4. The molecule has 0 spiro atoms. The van der Waals surface area contributed by atoms with Crippen LogP contribution < -0.4 is 49.5 Å². The summed E-state index contributed by atoms with van der Waals surface area (Å²) in [4.78, 5) is 62.8. The van der Waals surface area contributed by atoms with Gasteiger partial charge in [0.2, 0.25) is 17.7 Å². The zero-order valence-corrected chi connectivity index (χ0v) is 30.6. The zero-order valence-electron chi connectivity index (χ0n) is 29.0. The van der Waals surface area contributed by atoms with Gasteiger partial charge in [-0.15, -0.1) is 23.2 Å². The molecule has 0 radical (unpaired) electrons. The summed E-state index contributed by atoms with van der Waals surface area (Å²) in [7, 11) is 1.23. The van der Waals surface area contributed by atoms with Gasteiger partial charge in [-0.05, 0) is 49.8 Å². The number of unbranched alkanes of at least 4 members (excludes halogenated alkanes) is 1. The van der Waals surface area contributed by atoms with E-state index in [1.165, 1.54) is 7.11 Å². The van der Waals surface area contributed by atoms with Crippen LogP contribution in [0.3, 0.4) is 0 Å². The van der Waals surface area contributed by atoms with Crippen molar-refractivity contribution in [2.45, 2.75) is 82.5 Å². The number of anilines is 1. The van der Waals surface area contributed by atoms with Crippen LogP contribution in [0.5, 0.6) is 0 Å². The third-order valence-electron chi connectivity index (χ3n) is 7.61. The van der Waals surface area contributed by atoms with E-state index in [1.807, 2.05) is 36.1 Å². The Morgan fingerprint density at radius 3 is 1.72 bits per heavy atom. The number of nitrogens with two attached hydrogens (primary N) is 5. The van der Waals surface area contributed by atoms with Crippen LogP contribution in [0.1, 0.15) is 57.4 Å². The number of aliphatic imine (C=N–C) groups is 2. The normalized spacial score (nSPS) is 13.1. The fraction of sp³-hybridized carbons (Fsp3) is 0.625. The minimum atomic E-state index is -1.05. The van der Waals surface area contributed by atoms with Gasteiger partial charge in [0.1, 0.15) is 18.1 Å². The summed E-state index contributed by atoms with van der Waals surface area (Å²) in [6.45, 7) is 3.69. The molecule has 0 aliphatic rings. The number of carbonyl (C=O) groups excluding carboxylic acids is 4. The maximum absolute atomic E-state index is 13.6. The molecule has 282 valence electrons. The lowest BCUT2D eigenvalue weighted by molar-refractivity contribution is -0.145. The van der Waals surface area contributed by atoms with Crippen LogP contribution in [0.15, 0.2) is 34.3 Å². The number of nitrogens with zero attached hydrogens (tertiary/aromatic N) is 3. The Morgan fingerprint density at radius 2 is 1.24 bits per heavy atom. The van der Waals surface area contributed by atoms with Crippen molar-refractivity contribution in [3.8, 4) is 0 Å². The number of hydrogen-bond acceptors (Lipinski definition) is 9. The molecule has 0 aliphatic heterocycles. The van der Waals surface area contributed by atoms with E-state index in [9.17, 15) is 19.2 Å². The summed E-state index contributed by atoms with van der Waals surface area (Å²) in [5.41, 5.74) is 29.3. The average Bonchev–Trinajstić information content (AvgIpc) is 3.08. The summed E-state index contributed by atoms with van der Waals surface area (Å²) < 4.78 is 4.99. The fourth-order valence-corrected chi connectivity index (χ4v) is 5.32. The van der Waals surface area contributed by atoms with Gasteiger partial charge in [-0.2, -0.15) is 0 Å². The molecule has 0 saturated carbocycles. The molecule has 3 amide bonds. The number of methoxy groups -OCH3 is 1. The number of amides is 3.